The zero-order valence-electron chi connectivity index (χ0n) is 45.2. The van der Waals surface area contributed by atoms with E-state index in [4.69, 9.17) is 39.8 Å². The fraction of sp³-hybridized carbons (Fsp3) is 0.388. The number of aromatic nitrogens is 2. The third-order valence-corrected chi connectivity index (χ3v) is 8.50. The number of carbonyl (C=O) groups excluding carboxylic acids is 4. The van der Waals surface area contributed by atoms with Crippen LogP contribution in [-0.2, 0) is 32.3 Å². The van der Waals surface area contributed by atoms with Crippen LogP contribution in [0.25, 0.3) is 0 Å². The Bertz CT molecular complexity index is 2310. The van der Waals surface area contributed by atoms with Crippen LogP contribution < -0.4 is 47.4 Å². The normalized spacial score (nSPS) is 10.6. The first-order chi connectivity index (χ1) is 36.9. The Labute approximate surface area is 534 Å². The van der Waals surface area contributed by atoms with Crippen LogP contribution in [0, 0.1) is 76.3 Å². The van der Waals surface area contributed by atoms with E-state index in [1.165, 1.54) is 65.6 Å². The molecule has 0 fully saturated rings. The van der Waals surface area contributed by atoms with E-state index in [1.54, 1.807) is 90.8 Å². The average molecular weight is 1470 g/mol. The summed E-state index contributed by atoms with van der Waals surface area (Å²) >= 11 is 0. The van der Waals surface area contributed by atoms with Crippen molar-refractivity contribution in [1.29, 1.82) is 0 Å². The molecule has 3 amide bonds. The van der Waals surface area contributed by atoms with E-state index >= 15 is 0 Å². The summed E-state index contributed by atoms with van der Waals surface area (Å²) in [5.41, 5.74) is 1.91. The van der Waals surface area contributed by atoms with Crippen LogP contribution in [0.2, 0.25) is 0 Å². The van der Waals surface area contributed by atoms with Crippen LogP contribution in [0.4, 0.5) is 13.2 Å². The number of carboxylic acids is 1. The number of amides is 3. The maximum Gasteiger partial charge on any atom is 3.00 e. The Balaban J connectivity index is -0.000000338. The number of carboxylic acid groups (broad SMARTS) is 1. The number of rotatable bonds is 23. The minimum absolute atomic E-state index is 0. The van der Waals surface area contributed by atoms with E-state index in [9.17, 15) is 48.0 Å². The fourth-order valence-corrected chi connectivity index (χ4v) is 4.92. The van der Waals surface area contributed by atoms with Crippen molar-refractivity contribution in [3.63, 3.8) is 0 Å². The van der Waals surface area contributed by atoms with Gasteiger partial charge in [-0.25, -0.2) is 0 Å². The topological polar surface area (TPSA) is 374 Å². The third-order valence-electron chi connectivity index (χ3n) is 8.50. The Morgan fingerprint density at radius 1 is 0.568 bits per heavy atom. The van der Waals surface area contributed by atoms with Crippen molar-refractivity contribution < 1.29 is 177 Å². The van der Waals surface area contributed by atoms with Crippen molar-refractivity contribution in [2.24, 2.45) is 20.4 Å². The maximum absolute atomic E-state index is 12.2. The Kier molecular flexibility index (Phi) is 52.3. The third kappa shape index (κ3) is 40.3. The van der Waals surface area contributed by atoms with Crippen molar-refractivity contribution in [2.45, 2.75) is 19.3 Å². The zero-order chi connectivity index (χ0) is 59.6. The first kappa shape index (κ1) is 84.3. The predicted octanol–water partition coefficient (Wildman–Crippen LogP) is -6.40. The molecule has 32 heteroatoms. The summed E-state index contributed by atoms with van der Waals surface area (Å²) in [5.74, 6) is -4.63. The second-order valence-electron chi connectivity index (χ2n) is 15.5. The van der Waals surface area contributed by atoms with Gasteiger partial charge in [0.15, 0.2) is 0 Å². The number of ether oxygens (including phenoxy) is 2. The molecular weight excluding hydrogens is 1400 g/mol. The SMILES string of the molecule is CN(C)C=O.CN(C)C=O.CN(C)C=O.COc1cccc(/C=N/N=C(\[O-])c2cccc(CN(CCO)CCO)n2)c1[O-].COc1cccc(/C=N/N=C(\[O-])c2cccc(CN(CCO)CCO)n2)c1[O-].O=C([O-])C(F)(F)F.[Cl-].[Dy+3].[Dy+3]. The second-order valence-corrected chi connectivity index (χ2v) is 15.5. The molecule has 4 rings (SSSR count). The summed E-state index contributed by atoms with van der Waals surface area (Å²) in [5, 5.41) is 108. The van der Waals surface area contributed by atoms with E-state index in [1.807, 2.05) is 9.80 Å². The number of hydrogen-bond acceptors (Lipinski definition) is 23. The van der Waals surface area contributed by atoms with Crippen molar-refractivity contribution in [3.8, 4) is 23.0 Å². The van der Waals surface area contributed by atoms with Gasteiger partial charge in [0.05, 0.1) is 75.9 Å². The van der Waals surface area contributed by atoms with Crippen molar-refractivity contribution in [3.05, 3.63) is 107 Å². The second kappa shape index (κ2) is 50.2. The van der Waals surface area contributed by atoms with Gasteiger partial charge >= 0.3 is 82.5 Å². The van der Waals surface area contributed by atoms with Crippen LogP contribution in [0.1, 0.15) is 33.9 Å². The number of halogens is 4. The van der Waals surface area contributed by atoms with E-state index in [0.29, 0.717) is 50.7 Å². The number of para-hydroxylation sites is 2. The smallest absolute Gasteiger partial charge is 1.00 e. The molecule has 0 aliphatic rings. The van der Waals surface area contributed by atoms with Crippen LogP contribution in [0.5, 0.6) is 23.0 Å². The molecule has 2 radical (unpaired) electrons. The van der Waals surface area contributed by atoms with Crippen LogP contribution in [0.3, 0.4) is 0 Å². The number of aliphatic carboxylic acids is 1. The molecule has 81 heavy (non-hydrogen) atoms. The molecule has 0 aliphatic carbocycles. The number of benzene rings is 2. The summed E-state index contributed by atoms with van der Waals surface area (Å²) in [6.45, 7) is 2.08. The van der Waals surface area contributed by atoms with E-state index in [2.05, 4.69) is 30.4 Å². The molecule has 0 bridgehead atoms. The Morgan fingerprint density at radius 3 is 1.07 bits per heavy atom. The summed E-state index contributed by atoms with van der Waals surface area (Å²) in [6.07, 6.45) is -0.562. The maximum atomic E-state index is 12.2. The summed E-state index contributed by atoms with van der Waals surface area (Å²) < 4.78 is 41.4. The summed E-state index contributed by atoms with van der Waals surface area (Å²) in [6, 6.07) is 19.3. The predicted molar refractivity (Wildman–Crippen MR) is 271 cm³/mol. The first-order valence-corrected chi connectivity index (χ1v) is 22.6. The van der Waals surface area contributed by atoms with E-state index < -0.39 is 23.9 Å². The van der Waals surface area contributed by atoms with Gasteiger partial charge in [-0.15, -0.1) is 0 Å². The number of alkyl halides is 3. The largest absolute Gasteiger partial charge is 3.00 e. The number of nitrogens with zero attached hydrogens (tertiary/aromatic N) is 11. The monoisotopic (exact) mass is 1470 g/mol. The van der Waals surface area contributed by atoms with Crippen molar-refractivity contribution >= 4 is 49.4 Å². The quantitative estimate of drug-likeness (QED) is 0.0232. The Morgan fingerprint density at radius 2 is 0.840 bits per heavy atom. The van der Waals surface area contributed by atoms with Crippen LogP contribution >= 0.6 is 0 Å². The summed E-state index contributed by atoms with van der Waals surface area (Å²) in [7, 11) is 12.9. The van der Waals surface area contributed by atoms with Gasteiger partial charge in [0.1, 0.15) is 17.5 Å². The molecule has 0 spiro atoms. The standard InChI is InChI=1S/2C19H24N4O5.3C3H7NO.C2HF3O2.ClH.2Dy/c2*1-28-17-7-2-4-14(18(17)26)12-20-22-19(27)16-6-3-5-15(21-16)13-23(8-10-24)9-11-25;3*1-4(2)3-5;3-2(4,5)1(6)7;;;/h2*2-7,12,24-26H,8-11,13H2,1H3,(H,22,27);3*3H,1-2H3;(H,6,7);1H;;/q;;;;;;;2*+3/p-6/b2*20-12+;;;;;;;. The molecule has 0 aliphatic heterocycles. The number of aliphatic hydroxyl groups is 4. The van der Waals surface area contributed by atoms with Crippen molar-refractivity contribution in [1.82, 2.24) is 34.5 Å². The van der Waals surface area contributed by atoms with Crippen molar-refractivity contribution in [2.75, 3.05) is 109 Å². The van der Waals surface area contributed by atoms with Gasteiger partial charge < -0.3 is 87.3 Å². The molecule has 26 nitrogen and oxygen atoms in total. The minimum Gasteiger partial charge on any atom is -1.00 e. The molecule has 454 valence electrons. The number of hydrogen-bond donors (Lipinski definition) is 4. The average Bonchev–Trinajstić information content (AvgIpc) is 3.40. The summed E-state index contributed by atoms with van der Waals surface area (Å²) in [4.78, 5) is 53.5. The molecule has 4 N–H and O–H groups in total. The van der Waals surface area contributed by atoms with E-state index in [-0.39, 0.29) is 161 Å². The van der Waals surface area contributed by atoms with E-state index in [0.717, 1.165) is 19.2 Å². The van der Waals surface area contributed by atoms with Gasteiger partial charge in [-0.1, -0.05) is 47.9 Å². The first-order valence-electron chi connectivity index (χ1n) is 22.6. The van der Waals surface area contributed by atoms with Gasteiger partial charge in [0.25, 0.3) is 0 Å². The van der Waals surface area contributed by atoms with Gasteiger partial charge in [-0.3, -0.25) is 34.2 Å². The molecule has 0 saturated heterocycles. The molecule has 0 atom stereocenters. The molecule has 0 unspecified atom stereocenters. The minimum atomic E-state index is -5.19. The number of pyridine rings is 2. The molecule has 2 aromatic heterocycles. The van der Waals surface area contributed by atoms with Gasteiger partial charge in [-0.2, -0.15) is 33.6 Å². The molecular formula is C49H65ClDy2F3N11O15. The fourth-order valence-electron chi connectivity index (χ4n) is 4.92. The van der Waals surface area contributed by atoms with Gasteiger partial charge in [0.2, 0.25) is 19.2 Å². The van der Waals surface area contributed by atoms with Crippen LogP contribution in [-0.4, -0.2) is 220 Å². The molecule has 0 saturated carbocycles. The zero-order valence-corrected chi connectivity index (χ0v) is 50.0. The van der Waals surface area contributed by atoms with Gasteiger partial charge in [-0.05, 0) is 47.5 Å². The Hall–Kier alpha value is -5.51. The number of aliphatic hydroxyl groups excluding tert-OH is 4. The number of methoxy groups -OCH3 is 2. The molecule has 2 aromatic carbocycles. The van der Waals surface area contributed by atoms with Gasteiger partial charge in [0, 0.05) is 93.4 Å². The van der Waals surface area contributed by atoms with Crippen LogP contribution in [0.15, 0.2) is 93.2 Å². The molecule has 2 heterocycles. The number of carbonyl (C=O) groups is 4. The molecule has 4 aromatic rings.